The number of unbranched alkanes of at least 4 members (excludes halogenated alkanes) is 1. The first kappa shape index (κ1) is 29.0. The quantitative estimate of drug-likeness (QED) is 0.130. The fourth-order valence-corrected chi connectivity index (χ4v) is 6.17. The first-order chi connectivity index (χ1) is 18.9. The highest BCUT2D eigenvalue weighted by atomic mass is 35.5. The zero-order chi connectivity index (χ0) is 27.8. The van der Waals surface area contributed by atoms with E-state index in [1.165, 1.54) is 23.1 Å². The number of nitroso groups, excluding NO2 is 1. The summed E-state index contributed by atoms with van der Waals surface area (Å²) < 4.78 is 26.9. The Morgan fingerprint density at radius 1 is 1.15 bits per heavy atom. The van der Waals surface area contributed by atoms with Crippen LogP contribution in [0.2, 0.25) is 5.02 Å². The predicted molar refractivity (Wildman–Crippen MR) is 158 cm³/mol. The maximum atomic E-state index is 13.4. The van der Waals surface area contributed by atoms with Gasteiger partial charge in [0.1, 0.15) is 11.6 Å². The zero-order valence-electron chi connectivity index (χ0n) is 22.6. The molecule has 4 nitrogen and oxygen atoms in total. The molecule has 0 saturated carbocycles. The van der Waals surface area contributed by atoms with Crippen molar-refractivity contribution in [1.82, 2.24) is 9.88 Å². The van der Waals surface area contributed by atoms with Gasteiger partial charge in [-0.15, -0.1) is 0 Å². The second kappa shape index (κ2) is 13.9. The van der Waals surface area contributed by atoms with Gasteiger partial charge in [0.15, 0.2) is 0 Å². The van der Waals surface area contributed by atoms with Gasteiger partial charge in [-0.2, -0.15) is 4.91 Å². The van der Waals surface area contributed by atoms with Gasteiger partial charge in [-0.1, -0.05) is 67.8 Å². The summed E-state index contributed by atoms with van der Waals surface area (Å²) in [5.74, 6) is -0.458. The number of hydrogen-bond acceptors (Lipinski definition) is 3. The van der Waals surface area contributed by atoms with Crippen LogP contribution in [-0.2, 0) is 0 Å². The summed E-state index contributed by atoms with van der Waals surface area (Å²) >= 11 is 6.37. The zero-order valence-corrected chi connectivity index (χ0v) is 23.4. The lowest BCUT2D eigenvalue weighted by molar-refractivity contribution is 0.204. The van der Waals surface area contributed by atoms with Crippen molar-refractivity contribution in [2.24, 2.45) is 11.1 Å². The van der Waals surface area contributed by atoms with Crippen LogP contribution in [0.5, 0.6) is 0 Å². The maximum Gasteiger partial charge on any atom is 0.126 e. The molecule has 4 rings (SSSR count). The molecule has 0 radical (unpaired) electrons. The van der Waals surface area contributed by atoms with E-state index in [-0.39, 0.29) is 12.0 Å². The molecule has 1 saturated heterocycles. The number of hydrogen-bond donors (Lipinski definition) is 1. The van der Waals surface area contributed by atoms with Gasteiger partial charge >= 0.3 is 0 Å². The number of fused-ring (bicyclic) bond motifs is 1. The summed E-state index contributed by atoms with van der Waals surface area (Å²) in [6.07, 6.45) is 13.5. The van der Waals surface area contributed by atoms with Crippen molar-refractivity contribution < 1.29 is 8.78 Å². The van der Waals surface area contributed by atoms with Crippen LogP contribution in [0.3, 0.4) is 0 Å². The molecule has 0 bridgehead atoms. The first-order valence-electron chi connectivity index (χ1n) is 14.1. The highest BCUT2D eigenvalue weighted by molar-refractivity contribution is 6.35. The highest BCUT2D eigenvalue weighted by Crippen LogP contribution is 2.35. The molecular formula is C32H38ClF2N3O. The van der Waals surface area contributed by atoms with E-state index in [4.69, 9.17) is 11.6 Å². The number of rotatable bonds is 13. The summed E-state index contributed by atoms with van der Waals surface area (Å²) in [6.45, 7) is 7.93. The van der Waals surface area contributed by atoms with Crippen LogP contribution in [0.4, 0.5) is 8.78 Å². The number of benzene rings is 2. The number of H-pyrrole nitrogens is 1. The minimum Gasteiger partial charge on any atom is -0.372 e. The van der Waals surface area contributed by atoms with Gasteiger partial charge in [0, 0.05) is 36.4 Å². The van der Waals surface area contributed by atoms with Gasteiger partial charge in [-0.3, -0.25) is 0 Å². The lowest BCUT2D eigenvalue weighted by Gasteiger charge is -2.35. The van der Waals surface area contributed by atoms with Crippen LogP contribution < -0.4 is 0 Å². The molecule has 1 aliphatic rings. The Morgan fingerprint density at radius 2 is 1.87 bits per heavy atom. The number of likely N-dealkylation sites (tertiary alicyclic amines) is 1. The van der Waals surface area contributed by atoms with Crippen LogP contribution in [0.15, 0.2) is 66.1 Å². The van der Waals surface area contributed by atoms with E-state index in [1.807, 2.05) is 12.1 Å². The monoisotopic (exact) mass is 553 g/mol. The molecule has 0 spiro atoms. The van der Waals surface area contributed by atoms with E-state index in [0.29, 0.717) is 11.5 Å². The molecule has 2 atom stereocenters. The van der Waals surface area contributed by atoms with E-state index >= 15 is 0 Å². The molecule has 2 heterocycles. The molecule has 1 aliphatic heterocycles. The summed E-state index contributed by atoms with van der Waals surface area (Å²) in [6, 6.07) is 9.34. The van der Waals surface area contributed by atoms with Gasteiger partial charge in [-0.05, 0) is 79.3 Å². The van der Waals surface area contributed by atoms with Crippen LogP contribution in [0.25, 0.3) is 17.0 Å². The van der Waals surface area contributed by atoms with Crippen molar-refractivity contribution in [3.8, 4) is 0 Å². The van der Waals surface area contributed by atoms with Gasteiger partial charge in [-0.25, -0.2) is 8.78 Å². The van der Waals surface area contributed by atoms with Gasteiger partial charge in [0.05, 0.1) is 16.6 Å². The normalized spacial score (nSPS) is 16.2. The number of allylic oxidation sites excluding steroid dienone is 1. The Kier molecular flexibility index (Phi) is 10.3. The minimum atomic E-state index is -0.600. The standard InChI is InChI=1S/C32H38ClF2N3O/c1-3-7-24(29-21-36-32-28(29)9-6-10-30(32)33)8-4-5-11-31(37-39)25-14-16-38(17-15-25)22(2)12-13-23-18-26(34)20-27(35)19-23/h6,9-10,12-13,18-21,24-25,31,36H,2-5,7-8,11,14-17H2,1H3/b13-12+. The molecule has 39 heavy (non-hydrogen) atoms. The molecule has 1 fully saturated rings. The van der Waals surface area contributed by atoms with Crippen molar-refractivity contribution in [2.75, 3.05) is 13.1 Å². The van der Waals surface area contributed by atoms with Crippen LogP contribution in [0.1, 0.15) is 75.3 Å². The Morgan fingerprint density at radius 3 is 2.56 bits per heavy atom. The average Bonchev–Trinajstić information content (AvgIpc) is 3.36. The Bertz CT molecular complexity index is 1280. The third-order valence-electron chi connectivity index (χ3n) is 8.05. The lowest BCUT2D eigenvalue weighted by atomic mass is 9.85. The molecule has 1 N–H and O–H groups in total. The Hall–Kier alpha value is -2.99. The Balaban J connectivity index is 1.24. The molecule has 3 aromatic rings. The van der Waals surface area contributed by atoms with Crippen LogP contribution in [0, 0.1) is 22.5 Å². The summed E-state index contributed by atoms with van der Waals surface area (Å²) in [5.41, 5.74) is 3.61. The van der Waals surface area contributed by atoms with E-state index in [2.05, 4.69) is 40.8 Å². The average molecular weight is 554 g/mol. The molecular weight excluding hydrogens is 516 g/mol. The van der Waals surface area contributed by atoms with E-state index in [0.717, 1.165) is 86.8 Å². The molecule has 0 aliphatic carbocycles. The summed E-state index contributed by atoms with van der Waals surface area (Å²) in [5, 5.41) is 5.49. The second-order valence-electron chi connectivity index (χ2n) is 10.7. The topological polar surface area (TPSA) is 48.5 Å². The van der Waals surface area contributed by atoms with Gasteiger partial charge in [0.25, 0.3) is 0 Å². The number of aromatic amines is 1. The predicted octanol–water partition coefficient (Wildman–Crippen LogP) is 9.62. The number of aromatic nitrogens is 1. The van der Waals surface area contributed by atoms with Crippen LogP contribution >= 0.6 is 11.6 Å². The van der Waals surface area contributed by atoms with Crippen molar-refractivity contribution in [3.63, 3.8) is 0 Å². The Labute approximate surface area is 235 Å². The molecule has 208 valence electrons. The molecule has 2 unspecified atom stereocenters. The van der Waals surface area contributed by atoms with Gasteiger partial charge < -0.3 is 9.88 Å². The largest absolute Gasteiger partial charge is 0.372 e. The number of piperidine rings is 1. The smallest absolute Gasteiger partial charge is 0.126 e. The fraction of sp³-hybridized carbons (Fsp3) is 0.438. The highest BCUT2D eigenvalue weighted by Gasteiger charge is 2.27. The molecule has 0 amide bonds. The lowest BCUT2D eigenvalue weighted by Crippen LogP contribution is -2.36. The number of nitrogens with zero attached hydrogens (tertiary/aromatic N) is 2. The first-order valence-corrected chi connectivity index (χ1v) is 14.4. The fourth-order valence-electron chi connectivity index (χ4n) is 5.94. The van der Waals surface area contributed by atoms with Crippen LogP contribution in [-0.4, -0.2) is 29.0 Å². The van der Waals surface area contributed by atoms with E-state index in [1.54, 1.807) is 12.2 Å². The van der Waals surface area contributed by atoms with E-state index in [9.17, 15) is 13.7 Å². The van der Waals surface area contributed by atoms with Crippen molar-refractivity contribution in [3.05, 3.63) is 93.6 Å². The van der Waals surface area contributed by atoms with Crippen molar-refractivity contribution in [1.29, 1.82) is 0 Å². The second-order valence-corrected chi connectivity index (χ2v) is 11.1. The van der Waals surface area contributed by atoms with E-state index < -0.39 is 11.6 Å². The third-order valence-corrected chi connectivity index (χ3v) is 8.37. The number of nitrogens with one attached hydrogen (secondary N) is 1. The summed E-state index contributed by atoms with van der Waals surface area (Å²) in [7, 11) is 0. The number of halogens is 3. The summed E-state index contributed by atoms with van der Waals surface area (Å²) in [4.78, 5) is 17.3. The third kappa shape index (κ3) is 7.57. The van der Waals surface area contributed by atoms with Crippen molar-refractivity contribution in [2.45, 2.75) is 70.3 Å². The molecule has 7 heteroatoms. The molecule has 1 aromatic heterocycles. The number of para-hydroxylation sites is 1. The molecule has 2 aromatic carbocycles. The van der Waals surface area contributed by atoms with Gasteiger partial charge in [0.2, 0.25) is 0 Å². The SMILES string of the molecule is C=C(/C=C/c1cc(F)cc(F)c1)N1CCC(C(CCCCC(CCC)c2c[nH]c3c(Cl)cccc23)N=O)CC1. The van der Waals surface area contributed by atoms with Crippen molar-refractivity contribution >= 4 is 28.6 Å². The minimum absolute atomic E-state index is 0.164. The maximum absolute atomic E-state index is 13.4.